The van der Waals surface area contributed by atoms with Gasteiger partial charge in [-0.1, -0.05) is 24.3 Å². The molecule has 2 N–H and O–H groups in total. The number of nitrogens with one attached hydrogen (secondary N) is 2. The van der Waals surface area contributed by atoms with Crippen molar-refractivity contribution in [1.82, 2.24) is 15.5 Å². The quantitative estimate of drug-likeness (QED) is 0.305. The SMILES string of the molecule is COc1ccc(CN=C(NCC(=O)N(C)C)NC2CCCN(c3ccccc3F)C2)cc1.I. The molecule has 1 fully saturated rings. The predicted molar refractivity (Wildman–Crippen MR) is 141 cm³/mol. The number of nitrogens with zero attached hydrogens (tertiary/aromatic N) is 3. The Hall–Kier alpha value is -2.56. The van der Waals surface area contributed by atoms with Crippen molar-refractivity contribution in [3.8, 4) is 5.75 Å². The minimum absolute atomic E-state index is 0. The van der Waals surface area contributed by atoms with Gasteiger partial charge in [-0.05, 0) is 42.7 Å². The molecule has 7 nitrogen and oxygen atoms in total. The Labute approximate surface area is 212 Å². The number of aliphatic imine (C=N–C) groups is 1. The number of amides is 1. The van der Waals surface area contributed by atoms with Crippen LogP contribution in [0, 0.1) is 5.82 Å². The summed E-state index contributed by atoms with van der Waals surface area (Å²) in [7, 11) is 5.08. The average Bonchev–Trinajstić information content (AvgIpc) is 2.81. The van der Waals surface area contributed by atoms with Crippen molar-refractivity contribution in [2.45, 2.75) is 25.4 Å². The highest BCUT2D eigenvalue weighted by atomic mass is 127. The van der Waals surface area contributed by atoms with Crippen LogP contribution in [0.15, 0.2) is 53.5 Å². The summed E-state index contributed by atoms with van der Waals surface area (Å²) >= 11 is 0. The molecule has 180 valence electrons. The molecule has 9 heteroatoms. The molecule has 1 atom stereocenters. The van der Waals surface area contributed by atoms with Crippen LogP contribution >= 0.6 is 24.0 Å². The standard InChI is InChI=1S/C24H32FN5O2.HI/c1-29(2)23(31)16-27-24(26-15-18-10-12-20(32-3)13-11-18)28-19-7-6-14-30(17-19)22-9-5-4-8-21(22)25;/h4-5,8-13,19H,6-7,14-17H2,1-3H3,(H2,26,27,28);1H. The Morgan fingerprint density at radius 2 is 1.94 bits per heavy atom. The second-order valence-corrected chi connectivity index (χ2v) is 8.04. The van der Waals surface area contributed by atoms with E-state index in [-0.39, 0.29) is 48.3 Å². The third kappa shape index (κ3) is 8.06. The van der Waals surface area contributed by atoms with Gasteiger partial charge in [-0.15, -0.1) is 24.0 Å². The molecule has 1 aliphatic rings. The number of ether oxygens (including phenoxy) is 1. The van der Waals surface area contributed by atoms with Gasteiger partial charge in [-0.3, -0.25) is 4.79 Å². The van der Waals surface area contributed by atoms with Crippen molar-refractivity contribution in [3.05, 3.63) is 59.9 Å². The van der Waals surface area contributed by atoms with Gasteiger partial charge < -0.3 is 25.2 Å². The fraction of sp³-hybridized carbons (Fsp3) is 0.417. The van der Waals surface area contributed by atoms with Crippen LogP contribution < -0.4 is 20.3 Å². The van der Waals surface area contributed by atoms with Gasteiger partial charge in [0.2, 0.25) is 5.91 Å². The normalized spacial score (nSPS) is 15.9. The van der Waals surface area contributed by atoms with E-state index in [0.29, 0.717) is 24.7 Å². The smallest absolute Gasteiger partial charge is 0.241 e. The number of hydrogen-bond acceptors (Lipinski definition) is 4. The number of carbonyl (C=O) groups excluding carboxylic acids is 1. The van der Waals surface area contributed by atoms with E-state index >= 15 is 0 Å². The fourth-order valence-electron chi connectivity index (χ4n) is 3.59. The second-order valence-electron chi connectivity index (χ2n) is 8.04. The third-order valence-corrected chi connectivity index (χ3v) is 5.44. The molecule has 1 heterocycles. The summed E-state index contributed by atoms with van der Waals surface area (Å²) in [5, 5.41) is 6.58. The molecule has 3 rings (SSSR count). The van der Waals surface area contributed by atoms with Crippen molar-refractivity contribution in [2.24, 2.45) is 4.99 Å². The van der Waals surface area contributed by atoms with Gasteiger partial charge in [0.15, 0.2) is 5.96 Å². The van der Waals surface area contributed by atoms with Crippen molar-refractivity contribution >= 4 is 41.5 Å². The lowest BCUT2D eigenvalue weighted by Crippen LogP contribution is -2.52. The molecule has 0 radical (unpaired) electrons. The van der Waals surface area contributed by atoms with Crippen LogP contribution in [0.3, 0.4) is 0 Å². The van der Waals surface area contributed by atoms with E-state index < -0.39 is 0 Å². The van der Waals surface area contributed by atoms with Crippen LogP contribution in [0.2, 0.25) is 0 Å². The number of anilines is 1. The highest BCUT2D eigenvalue weighted by molar-refractivity contribution is 14.0. The van der Waals surface area contributed by atoms with Gasteiger partial charge in [0.05, 0.1) is 25.9 Å². The number of piperidine rings is 1. The average molecular weight is 569 g/mol. The summed E-state index contributed by atoms with van der Waals surface area (Å²) in [5.74, 6) is 1.11. The lowest BCUT2D eigenvalue weighted by Gasteiger charge is -2.35. The van der Waals surface area contributed by atoms with Crippen LogP contribution in [0.1, 0.15) is 18.4 Å². The first-order valence-corrected chi connectivity index (χ1v) is 10.8. The number of likely N-dealkylation sites (N-methyl/N-ethyl adjacent to an activating group) is 1. The molecule has 1 amide bonds. The highest BCUT2D eigenvalue weighted by Crippen LogP contribution is 2.23. The summed E-state index contributed by atoms with van der Waals surface area (Å²) < 4.78 is 19.5. The van der Waals surface area contributed by atoms with Crippen molar-refractivity contribution in [3.63, 3.8) is 0 Å². The Balaban J connectivity index is 0.00000385. The zero-order chi connectivity index (χ0) is 22.9. The van der Waals surface area contributed by atoms with Crippen molar-refractivity contribution in [2.75, 3.05) is 45.7 Å². The van der Waals surface area contributed by atoms with Crippen LogP contribution in [0.25, 0.3) is 0 Å². The Bertz CT molecular complexity index is 923. The molecule has 2 aromatic rings. The molecule has 33 heavy (non-hydrogen) atoms. The number of benzene rings is 2. The summed E-state index contributed by atoms with van der Waals surface area (Å²) in [6.45, 7) is 2.07. The van der Waals surface area contributed by atoms with Crippen LogP contribution in [0.5, 0.6) is 5.75 Å². The van der Waals surface area contributed by atoms with Gasteiger partial charge in [0.1, 0.15) is 11.6 Å². The van der Waals surface area contributed by atoms with E-state index in [2.05, 4.69) is 20.5 Å². The lowest BCUT2D eigenvalue weighted by atomic mass is 10.0. The van der Waals surface area contributed by atoms with E-state index in [1.54, 1.807) is 27.3 Å². The van der Waals surface area contributed by atoms with Gasteiger partial charge in [-0.25, -0.2) is 9.38 Å². The number of methoxy groups -OCH3 is 1. The number of rotatable bonds is 7. The number of hydrogen-bond donors (Lipinski definition) is 2. The Morgan fingerprint density at radius 3 is 2.61 bits per heavy atom. The van der Waals surface area contributed by atoms with Gasteiger partial charge in [0, 0.05) is 33.2 Å². The first-order chi connectivity index (χ1) is 15.5. The summed E-state index contributed by atoms with van der Waals surface area (Å²) in [4.78, 5) is 20.4. The van der Waals surface area contributed by atoms with Crippen LogP contribution in [-0.2, 0) is 11.3 Å². The maximum atomic E-state index is 14.3. The van der Waals surface area contributed by atoms with Gasteiger partial charge >= 0.3 is 0 Å². The van der Waals surface area contributed by atoms with Gasteiger partial charge in [0.25, 0.3) is 0 Å². The largest absolute Gasteiger partial charge is 0.497 e. The molecule has 1 unspecified atom stereocenters. The molecule has 0 aliphatic carbocycles. The maximum Gasteiger partial charge on any atom is 0.241 e. The number of guanidine groups is 1. The summed E-state index contributed by atoms with van der Waals surface area (Å²) in [6.07, 6.45) is 1.88. The fourth-order valence-corrected chi connectivity index (χ4v) is 3.59. The molecule has 0 spiro atoms. The Kier molecular flexibility index (Phi) is 10.7. The minimum atomic E-state index is -0.212. The van der Waals surface area contributed by atoms with Crippen LogP contribution in [-0.4, -0.2) is 63.6 Å². The molecule has 0 bridgehead atoms. The summed E-state index contributed by atoms with van der Waals surface area (Å²) in [6, 6.07) is 14.7. The monoisotopic (exact) mass is 569 g/mol. The van der Waals surface area contributed by atoms with Crippen LogP contribution in [0.4, 0.5) is 10.1 Å². The molecule has 1 aliphatic heterocycles. The molecule has 1 saturated heterocycles. The first-order valence-electron chi connectivity index (χ1n) is 10.8. The predicted octanol–water partition coefficient (Wildman–Crippen LogP) is 3.24. The third-order valence-electron chi connectivity index (χ3n) is 5.44. The second kappa shape index (κ2) is 13.2. The topological polar surface area (TPSA) is 69.2 Å². The zero-order valence-corrected chi connectivity index (χ0v) is 21.7. The van der Waals surface area contributed by atoms with E-state index in [1.807, 2.05) is 36.4 Å². The molecule has 0 saturated carbocycles. The summed E-state index contributed by atoms with van der Waals surface area (Å²) in [5.41, 5.74) is 1.65. The molecule has 0 aromatic heterocycles. The van der Waals surface area contributed by atoms with E-state index in [9.17, 15) is 9.18 Å². The van der Waals surface area contributed by atoms with E-state index in [4.69, 9.17) is 4.74 Å². The van der Waals surface area contributed by atoms with Crippen molar-refractivity contribution in [1.29, 1.82) is 0 Å². The maximum absolute atomic E-state index is 14.3. The molecular weight excluding hydrogens is 536 g/mol. The van der Waals surface area contributed by atoms with E-state index in [1.165, 1.54) is 11.0 Å². The molecule has 2 aromatic carbocycles. The Morgan fingerprint density at radius 1 is 1.21 bits per heavy atom. The molecular formula is C24H33FIN5O2. The number of para-hydroxylation sites is 1. The first kappa shape index (κ1) is 26.7. The van der Waals surface area contributed by atoms with E-state index in [0.717, 1.165) is 30.7 Å². The number of carbonyl (C=O) groups is 1. The van der Waals surface area contributed by atoms with Crippen molar-refractivity contribution < 1.29 is 13.9 Å². The minimum Gasteiger partial charge on any atom is -0.497 e. The lowest BCUT2D eigenvalue weighted by molar-refractivity contribution is -0.127. The zero-order valence-electron chi connectivity index (χ0n) is 19.4. The highest BCUT2D eigenvalue weighted by Gasteiger charge is 2.23. The number of halogens is 2. The van der Waals surface area contributed by atoms with Gasteiger partial charge in [-0.2, -0.15) is 0 Å².